The van der Waals surface area contributed by atoms with E-state index in [1.54, 1.807) is 13.0 Å². The molecule has 2 N–H and O–H groups in total. The van der Waals surface area contributed by atoms with Crippen LogP contribution in [0.25, 0.3) is 0 Å². The van der Waals surface area contributed by atoms with Gasteiger partial charge in [-0.2, -0.15) is 0 Å². The lowest BCUT2D eigenvalue weighted by Gasteiger charge is -2.39. The quantitative estimate of drug-likeness (QED) is 0.722. The lowest BCUT2D eigenvalue weighted by molar-refractivity contribution is -0.145. The predicted molar refractivity (Wildman–Crippen MR) is 58.3 cm³/mol. The first-order valence-corrected chi connectivity index (χ1v) is 5.42. The second-order valence-electron chi connectivity index (χ2n) is 4.47. The van der Waals surface area contributed by atoms with E-state index in [1.165, 1.54) is 12.2 Å². The summed E-state index contributed by atoms with van der Waals surface area (Å²) in [5.74, 6) is -1.82. The molecule has 0 aromatic rings. The van der Waals surface area contributed by atoms with E-state index in [-0.39, 0.29) is 11.4 Å². The van der Waals surface area contributed by atoms with Crippen molar-refractivity contribution >= 4 is 11.8 Å². The third-order valence-electron chi connectivity index (χ3n) is 3.24. The van der Waals surface area contributed by atoms with E-state index in [2.05, 4.69) is 0 Å². The van der Waals surface area contributed by atoms with E-state index in [0.717, 1.165) is 0 Å². The molecule has 0 aromatic carbocycles. The largest absolute Gasteiger partial charge is 0.479 e. The van der Waals surface area contributed by atoms with Gasteiger partial charge < -0.3 is 14.9 Å². The van der Waals surface area contributed by atoms with Gasteiger partial charge in [-0.3, -0.25) is 4.79 Å². The SMILES string of the molecule is C[C@@]12C=CC(C(O)C(=O)O)=CC1C(=O)CCO2. The molecule has 0 amide bonds. The molecular formula is C12H14O5. The highest BCUT2D eigenvalue weighted by Crippen LogP contribution is 2.35. The van der Waals surface area contributed by atoms with Crippen molar-refractivity contribution in [2.45, 2.75) is 25.0 Å². The van der Waals surface area contributed by atoms with Crippen molar-refractivity contribution in [1.29, 1.82) is 0 Å². The fourth-order valence-corrected chi connectivity index (χ4v) is 2.18. The number of hydrogen-bond donors (Lipinski definition) is 2. The molecule has 1 aliphatic heterocycles. The standard InChI is InChI=1S/C12H14O5/c1-12-4-2-7(10(14)11(15)16)6-8(12)9(13)3-5-17-12/h2,4,6,8,10,14H,3,5H2,1H3,(H,15,16)/t8?,10?,12-/m1/s1. The van der Waals surface area contributed by atoms with Crippen LogP contribution in [0.4, 0.5) is 0 Å². The van der Waals surface area contributed by atoms with Gasteiger partial charge in [-0.1, -0.05) is 18.2 Å². The highest BCUT2D eigenvalue weighted by Gasteiger charge is 2.42. The van der Waals surface area contributed by atoms with Crippen LogP contribution in [-0.2, 0) is 14.3 Å². The summed E-state index contributed by atoms with van der Waals surface area (Å²) in [4.78, 5) is 22.5. The van der Waals surface area contributed by atoms with Crippen molar-refractivity contribution < 1.29 is 24.5 Å². The molecule has 1 aliphatic carbocycles. The number of carbonyl (C=O) groups is 2. The Balaban J connectivity index is 2.31. The number of ketones is 1. The van der Waals surface area contributed by atoms with Gasteiger partial charge in [0.1, 0.15) is 5.78 Å². The number of aliphatic carboxylic acids is 1. The first-order chi connectivity index (χ1) is 7.94. The Morgan fingerprint density at radius 3 is 3.00 bits per heavy atom. The molecule has 1 heterocycles. The van der Waals surface area contributed by atoms with Crippen LogP contribution >= 0.6 is 0 Å². The van der Waals surface area contributed by atoms with Crippen molar-refractivity contribution in [1.82, 2.24) is 0 Å². The van der Waals surface area contributed by atoms with E-state index in [1.807, 2.05) is 0 Å². The van der Waals surface area contributed by atoms with Gasteiger partial charge in [-0.15, -0.1) is 0 Å². The fourth-order valence-electron chi connectivity index (χ4n) is 2.18. The van der Waals surface area contributed by atoms with Crippen LogP contribution in [0.2, 0.25) is 0 Å². The van der Waals surface area contributed by atoms with Crippen molar-refractivity contribution in [2.75, 3.05) is 6.61 Å². The zero-order valence-corrected chi connectivity index (χ0v) is 9.42. The lowest BCUT2D eigenvalue weighted by atomic mass is 9.77. The van der Waals surface area contributed by atoms with Crippen LogP contribution < -0.4 is 0 Å². The summed E-state index contributed by atoms with van der Waals surface area (Å²) in [5, 5.41) is 18.2. The zero-order chi connectivity index (χ0) is 12.6. The number of carboxylic acid groups (broad SMARTS) is 1. The van der Waals surface area contributed by atoms with Gasteiger partial charge in [0.2, 0.25) is 0 Å². The van der Waals surface area contributed by atoms with Crippen LogP contribution in [0.5, 0.6) is 0 Å². The number of fused-ring (bicyclic) bond motifs is 1. The van der Waals surface area contributed by atoms with Gasteiger partial charge in [0.15, 0.2) is 6.10 Å². The molecule has 3 atom stereocenters. The van der Waals surface area contributed by atoms with Gasteiger partial charge >= 0.3 is 5.97 Å². The van der Waals surface area contributed by atoms with Crippen molar-refractivity contribution in [3.63, 3.8) is 0 Å². The van der Waals surface area contributed by atoms with Gasteiger partial charge in [0.05, 0.1) is 18.1 Å². The molecule has 0 radical (unpaired) electrons. The number of carbonyl (C=O) groups excluding carboxylic acids is 1. The highest BCUT2D eigenvalue weighted by molar-refractivity contribution is 5.86. The van der Waals surface area contributed by atoms with E-state index in [0.29, 0.717) is 13.0 Å². The Hall–Kier alpha value is -1.46. The van der Waals surface area contributed by atoms with Crippen LogP contribution in [-0.4, -0.2) is 40.3 Å². The minimum atomic E-state index is -1.59. The number of ether oxygens (including phenoxy) is 1. The van der Waals surface area contributed by atoms with E-state index >= 15 is 0 Å². The summed E-state index contributed by atoms with van der Waals surface area (Å²) in [6.07, 6.45) is 3.39. The molecule has 92 valence electrons. The predicted octanol–water partition coefficient (Wildman–Crippen LogP) is 0.292. The van der Waals surface area contributed by atoms with Crippen LogP contribution in [0.1, 0.15) is 13.3 Å². The second-order valence-corrected chi connectivity index (χ2v) is 4.47. The van der Waals surface area contributed by atoms with Crippen molar-refractivity contribution in [3.05, 3.63) is 23.8 Å². The Labute approximate surface area is 98.4 Å². The minimum absolute atomic E-state index is 0.0122. The highest BCUT2D eigenvalue weighted by atomic mass is 16.5. The molecule has 1 saturated heterocycles. The third kappa shape index (κ3) is 2.03. The maximum Gasteiger partial charge on any atom is 0.337 e. The second kappa shape index (κ2) is 4.09. The van der Waals surface area contributed by atoms with E-state index < -0.39 is 23.6 Å². The Morgan fingerprint density at radius 2 is 2.35 bits per heavy atom. The molecule has 0 bridgehead atoms. The van der Waals surface area contributed by atoms with E-state index in [4.69, 9.17) is 9.84 Å². The number of rotatable bonds is 2. The molecule has 0 aromatic heterocycles. The molecule has 1 fully saturated rings. The van der Waals surface area contributed by atoms with Gasteiger partial charge in [-0.05, 0) is 12.5 Å². The summed E-state index contributed by atoms with van der Waals surface area (Å²) in [6, 6.07) is 0. The summed E-state index contributed by atoms with van der Waals surface area (Å²) in [6.45, 7) is 2.16. The average molecular weight is 238 g/mol. The summed E-state index contributed by atoms with van der Waals surface area (Å²) >= 11 is 0. The molecular weight excluding hydrogens is 224 g/mol. The van der Waals surface area contributed by atoms with Crippen molar-refractivity contribution in [3.8, 4) is 0 Å². The number of aliphatic hydroxyl groups excluding tert-OH is 1. The maximum absolute atomic E-state index is 11.8. The summed E-state index contributed by atoms with van der Waals surface area (Å²) in [7, 11) is 0. The molecule has 5 heteroatoms. The van der Waals surface area contributed by atoms with E-state index in [9.17, 15) is 14.7 Å². The molecule has 2 rings (SSSR count). The first kappa shape index (κ1) is 12.0. The number of hydrogen-bond acceptors (Lipinski definition) is 4. The third-order valence-corrected chi connectivity index (χ3v) is 3.24. The van der Waals surface area contributed by atoms with Crippen LogP contribution in [0.3, 0.4) is 0 Å². The Morgan fingerprint density at radius 1 is 1.65 bits per heavy atom. The number of aliphatic hydroxyl groups is 1. The fraction of sp³-hybridized carbons (Fsp3) is 0.500. The van der Waals surface area contributed by atoms with Gasteiger partial charge in [-0.25, -0.2) is 4.79 Å². The molecule has 0 spiro atoms. The van der Waals surface area contributed by atoms with Crippen LogP contribution in [0.15, 0.2) is 23.8 Å². The monoisotopic (exact) mass is 238 g/mol. The zero-order valence-electron chi connectivity index (χ0n) is 9.42. The minimum Gasteiger partial charge on any atom is -0.479 e. The maximum atomic E-state index is 11.8. The number of carboxylic acids is 1. The molecule has 17 heavy (non-hydrogen) atoms. The smallest absolute Gasteiger partial charge is 0.337 e. The lowest BCUT2D eigenvalue weighted by Crippen LogP contribution is -2.46. The number of Topliss-reactive ketones (excluding diaryl/α,β-unsaturated/α-hetero) is 1. The Bertz CT molecular complexity index is 423. The normalized spacial score (nSPS) is 33.9. The topological polar surface area (TPSA) is 83.8 Å². The molecule has 2 unspecified atom stereocenters. The molecule has 2 aliphatic rings. The van der Waals surface area contributed by atoms with Gasteiger partial charge in [0, 0.05) is 6.42 Å². The average Bonchev–Trinajstić information content (AvgIpc) is 2.27. The van der Waals surface area contributed by atoms with Gasteiger partial charge in [0.25, 0.3) is 0 Å². The van der Waals surface area contributed by atoms with Crippen LogP contribution in [0, 0.1) is 5.92 Å². The summed E-state index contributed by atoms with van der Waals surface area (Å²) < 4.78 is 5.55. The molecule has 5 nitrogen and oxygen atoms in total. The van der Waals surface area contributed by atoms with Crippen molar-refractivity contribution in [2.24, 2.45) is 5.92 Å². The molecule has 0 saturated carbocycles. The first-order valence-electron chi connectivity index (χ1n) is 5.42. The summed E-state index contributed by atoms with van der Waals surface area (Å²) in [5.41, 5.74) is -0.476. The Kier molecular flexibility index (Phi) is 2.89.